The Morgan fingerprint density at radius 3 is 2.37 bits per heavy atom. The van der Waals surface area contributed by atoms with Crippen LogP contribution in [0.3, 0.4) is 0 Å². The van der Waals surface area contributed by atoms with Crippen molar-refractivity contribution in [2.45, 2.75) is 12.8 Å². The lowest BCUT2D eigenvalue weighted by atomic mass is 10.2. The number of fused-ring (bicyclic) bond motifs is 1. The van der Waals surface area contributed by atoms with Gasteiger partial charge in [0, 0.05) is 3.57 Å². The summed E-state index contributed by atoms with van der Waals surface area (Å²) < 4.78 is 19.1. The Balaban J connectivity index is 1.45. The molecule has 0 spiro atoms. The van der Waals surface area contributed by atoms with Crippen LogP contribution in [0.1, 0.15) is 20.7 Å². The molecule has 0 bridgehead atoms. The van der Waals surface area contributed by atoms with Gasteiger partial charge in [0.2, 0.25) is 5.28 Å². The van der Waals surface area contributed by atoms with E-state index in [9.17, 15) is 9.59 Å². The Labute approximate surface area is 223 Å². The van der Waals surface area contributed by atoms with Crippen LogP contribution in [-0.2, 0) is 20.9 Å². The van der Waals surface area contributed by atoms with Crippen molar-refractivity contribution in [3.63, 3.8) is 0 Å². The Morgan fingerprint density at radius 2 is 1.63 bits per heavy atom. The number of rotatable bonds is 9. The predicted molar refractivity (Wildman–Crippen MR) is 136 cm³/mol. The van der Waals surface area contributed by atoms with Crippen LogP contribution in [0.2, 0.25) is 10.4 Å². The summed E-state index contributed by atoms with van der Waals surface area (Å²) in [4.78, 5) is 37.1. The molecule has 0 fully saturated rings. The zero-order valence-corrected chi connectivity index (χ0v) is 21.6. The van der Waals surface area contributed by atoms with E-state index in [0.29, 0.717) is 22.3 Å². The van der Waals surface area contributed by atoms with Crippen molar-refractivity contribution in [3.8, 4) is 0 Å². The third-order valence-corrected chi connectivity index (χ3v) is 6.12. The first-order chi connectivity index (χ1) is 16.9. The van der Waals surface area contributed by atoms with Gasteiger partial charge >= 0.3 is 11.9 Å². The van der Waals surface area contributed by atoms with Crippen molar-refractivity contribution in [2.24, 2.45) is 0 Å². The van der Waals surface area contributed by atoms with Crippen molar-refractivity contribution in [1.29, 1.82) is 0 Å². The summed E-state index contributed by atoms with van der Waals surface area (Å²) in [5.74, 6) is -1.04. The van der Waals surface area contributed by atoms with E-state index in [0.717, 1.165) is 3.57 Å². The first-order valence-electron chi connectivity index (χ1n) is 10.2. The molecule has 0 radical (unpaired) electrons. The Morgan fingerprint density at radius 1 is 0.943 bits per heavy atom. The molecule has 12 heteroatoms. The number of hydrogen-bond donors (Lipinski definition) is 0. The fourth-order valence-electron chi connectivity index (χ4n) is 3.01. The fraction of sp³-hybridized carbons (Fsp3) is 0.174. The standard InChI is InChI=1S/C23H17Cl2IN4O5/c24-19-18-20(29-23(25)28-19)30(12-27-18)13-35-15(10-33-21(31)14-6-2-1-3-7-14)11-34-22(32)16-8-4-5-9-17(16)26/h1-9,12,15H,10-11,13H2. The van der Waals surface area contributed by atoms with E-state index in [4.69, 9.17) is 37.4 Å². The van der Waals surface area contributed by atoms with Crippen LogP contribution < -0.4 is 0 Å². The second-order valence-corrected chi connectivity index (χ2v) is 8.99. The lowest BCUT2D eigenvalue weighted by molar-refractivity contribution is -0.0617. The summed E-state index contributed by atoms with van der Waals surface area (Å²) in [7, 11) is 0. The van der Waals surface area contributed by atoms with Crippen molar-refractivity contribution in [2.75, 3.05) is 13.2 Å². The second-order valence-electron chi connectivity index (χ2n) is 7.13. The molecule has 0 N–H and O–H groups in total. The summed E-state index contributed by atoms with van der Waals surface area (Å²) in [5, 5.41) is 0.0717. The first kappa shape index (κ1) is 25.3. The molecule has 9 nitrogen and oxygen atoms in total. The highest BCUT2D eigenvalue weighted by atomic mass is 127. The molecular weight excluding hydrogens is 610 g/mol. The first-order valence-corrected chi connectivity index (χ1v) is 12.0. The van der Waals surface area contributed by atoms with E-state index in [2.05, 4.69) is 37.5 Å². The zero-order valence-electron chi connectivity index (χ0n) is 17.9. The molecule has 1 atom stereocenters. The van der Waals surface area contributed by atoms with Gasteiger partial charge in [-0.2, -0.15) is 4.98 Å². The Bertz CT molecular complexity index is 1350. The number of benzene rings is 2. The van der Waals surface area contributed by atoms with Gasteiger partial charge in [-0.15, -0.1) is 0 Å². The van der Waals surface area contributed by atoms with Gasteiger partial charge in [-0.25, -0.2) is 19.6 Å². The van der Waals surface area contributed by atoms with Gasteiger partial charge in [0.15, 0.2) is 10.8 Å². The molecule has 2 aromatic carbocycles. The number of halogens is 3. The summed E-state index contributed by atoms with van der Waals surface area (Å²) >= 11 is 14.0. The van der Waals surface area contributed by atoms with Crippen LogP contribution in [0.25, 0.3) is 11.2 Å². The highest BCUT2D eigenvalue weighted by Gasteiger charge is 2.20. The normalized spacial score (nSPS) is 11.9. The maximum Gasteiger partial charge on any atom is 0.339 e. The van der Waals surface area contributed by atoms with Crippen LogP contribution in [0.5, 0.6) is 0 Å². The predicted octanol–water partition coefficient (Wildman–Crippen LogP) is 4.79. The van der Waals surface area contributed by atoms with Crippen LogP contribution in [-0.4, -0.2) is 50.8 Å². The van der Waals surface area contributed by atoms with Gasteiger partial charge in [-0.05, 0) is 58.5 Å². The van der Waals surface area contributed by atoms with Crippen molar-refractivity contribution >= 4 is 68.9 Å². The topological polar surface area (TPSA) is 105 Å². The number of carbonyl (C=O) groups is 2. The number of imidazole rings is 1. The van der Waals surface area contributed by atoms with E-state index in [1.165, 1.54) is 6.33 Å². The number of carbonyl (C=O) groups excluding carboxylic acids is 2. The molecule has 0 aliphatic carbocycles. The molecule has 2 heterocycles. The van der Waals surface area contributed by atoms with E-state index in [1.807, 2.05) is 6.07 Å². The average molecular weight is 627 g/mol. The largest absolute Gasteiger partial charge is 0.459 e. The van der Waals surface area contributed by atoms with Gasteiger partial charge < -0.3 is 14.2 Å². The Kier molecular flexibility index (Phi) is 8.50. The van der Waals surface area contributed by atoms with Gasteiger partial charge in [-0.3, -0.25) is 4.57 Å². The molecule has 35 heavy (non-hydrogen) atoms. The minimum absolute atomic E-state index is 0.0380. The molecule has 4 aromatic rings. The minimum atomic E-state index is -0.779. The molecule has 180 valence electrons. The molecule has 0 saturated carbocycles. The third-order valence-electron chi connectivity index (χ3n) is 4.75. The number of hydrogen-bond acceptors (Lipinski definition) is 8. The highest BCUT2D eigenvalue weighted by Crippen LogP contribution is 2.21. The summed E-state index contributed by atoms with van der Waals surface area (Å²) in [5.41, 5.74) is 1.54. The van der Waals surface area contributed by atoms with E-state index < -0.39 is 18.0 Å². The maximum atomic E-state index is 12.6. The fourth-order valence-corrected chi connectivity index (χ4v) is 4.04. The lowest BCUT2D eigenvalue weighted by Gasteiger charge is -2.19. The second kappa shape index (κ2) is 11.8. The minimum Gasteiger partial charge on any atom is -0.459 e. The Hall–Kier alpha value is -2.80. The highest BCUT2D eigenvalue weighted by molar-refractivity contribution is 14.1. The number of ether oxygens (including phenoxy) is 3. The molecule has 4 rings (SSSR count). The van der Waals surface area contributed by atoms with E-state index in [1.54, 1.807) is 53.1 Å². The molecule has 2 aromatic heterocycles. The molecule has 1 unspecified atom stereocenters. The quantitative estimate of drug-likeness (QED) is 0.113. The van der Waals surface area contributed by atoms with Crippen LogP contribution in [0.15, 0.2) is 60.9 Å². The molecule has 0 saturated heterocycles. The van der Waals surface area contributed by atoms with Crippen molar-refractivity contribution in [3.05, 3.63) is 86.1 Å². The van der Waals surface area contributed by atoms with Crippen LogP contribution in [0, 0.1) is 3.57 Å². The molecular formula is C23H17Cl2IN4O5. The van der Waals surface area contributed by atoms with Crippen LogP contribution in [0.4, 0.5) is 0 Å². The van der Waals surface area contributed by atoms with E-state index >= 15 is 0 Å². The zero-order chi connectivity index (χ0) is 24.8. The number of aromatic nitrogens is 4. The molecule has 0 amide bonds. The molecule has 0 aliphatic heterocycles. The third kappa shape index (κ3) is 6.45. The van der Waals surface area contributed by atoms with Gasteiger partial charge in [0.25, 0.3) is 0 Å². The summed E-state index contributed by atoms with van der Waals surface area (Å²) in [6, 6.07) is 15.6. The number of nitrogens with zero attached hydrogens (tertiary/aromatic N) is 4. The summed E-state index contributed by atoms with van der Waals surface area (Å²) in [6.07, 6.45) is 0.686. The van der Waals surface area contributed by atoms with Gasteiger partial charge in [-0.1, -0.05) is 41.9 Å². The lowest BCUT2D eigenvalue weighted by Crippen LogP contribution is -2.29. The van der Waals surface area contributed by atoms with Crippen molar-refractivity contribution in [1.82, 2.24) is 19.5 Å². The van der Waals surface area contributed by atoms with Gasteiger partial charge in [0.1, 0.15) is 31.6 Å². The van der Waals surface area contributed by atoms with Crippen LogP contribution >= 0.6 is 45.8 Å². The SMILES string of the molecule is O=C(OCC(COC(=O)c1ccccc1I)OCn1cnc2c(Cl)nc(Cl)nc21)c1ccccc1. The number of esters is 2. The average Bonchev–Trinajstić information content (AvgIpc) is 3.27. The molecule has 0 aliphatic rings. The van der Waals surface area contributed by atoms with Gasteiger partial charge in [0.05, 0.1) is 17.5 Å². The van der Waals surface area contributed by atoms with E-state index in [-0.39, 0.29) is 30.4 Å². The summed E-state index contributed by atoms with van der Waals surface area (Å²) in [6.45, 7) is -0.362. The smallest absolute Gasteiger partial charge is 0.339 e. The maximum absolute atomic E-state index is 12.6. The van der Waals surface area contributed by atoms with Crippen molar-refractivity contribution < 1.29 is 23.8 Å². The monoisotopic (exact) mass is 626 g/mol.